The van der Waals surface area contributed by atoms with Crippen LogP contribution in [0.2, 0.25) is 0 Å². The number of nitrogens with one attached hydrogen (secondary N) is 3. The number of benzene rings is 4. The molecule has 0 aliphatic carbocycles. The molecule has 0 fully saturated rings. The van der Waals surface area contributed by atoms with E-state index in [0.717, 1.165) is 18.1 Å². The van der Waals surface area contributed by atoms with Gasteiger partial charge in [0.2, 0.25) is 5.91 Å². The zero-order valence-electron chi connectivity index (χ0n) is 24.9. The maximum atomic E-state index is 13.7. The van der Waals surface area contributed by atoms with Gasteiger partial charge >= 0.3 is 5.97 Å². The first-order valence-corrected chi connectivity index (χ1v) is 13.9. The molecule has 11 heteroatoms. The molecule has 0 saturated heterocycles. The molecular formula is C34H36N4O7. The molecule has 11 nitrogen and oxygen atoms in total. The van der Waals surface area contributed by atoms with E-state index in [1.165, 1.54) is 7.11 Å². The van der Waals surface area contributed by atoms with Crippen molar-refractivity contribution in [3.8, 4) is 11.5 Å². The monoisotopic (exact) mass is 612 g/mol. The molecule has 45 heavy (non-hydrogen) atoms. The molecule has 0 radical (unpaired) electrons. The lowest BCUT2D eigenvalue weighted by atomic mass is 10.0. The summed E-state index contributed by atoms with van der Waals surface area (Å²) in [6.07, 6.45) is 0.123. The fourth-order valence-corrected chi connectivity index (χ4v) is 4.24. The first kappa shape index (κ1) is 33.7. The quantitative estimate of drug-likeness (QED) is 0.0927. The van der Waals surface area contributed by atoms with Gasteiger partial charge < -0.3 is 36.1 Å². The Hall–Kier alpha value is -5.84. The Morgan fingerprint density at radius 2 is 1.42 bits per heavy atom. The lowest BCUT2D eigenvalue weighted by Crippen LogP contribution is -2.45. The van der Waals surface area contributed by atoms with E-state index in [9.17, 15) is 14.7 Å². The van der Waals surface area contributed by atoms with Crippen LogP contribution in [0, 0.1) is 5.41 Å². The van der Waals surface area contributed by atoms with E-state index < -0.39 is 29.9 Å². The molecule has 7 N–H and O–H groups in total. The van der Waals surface area contributed by atoms with E-state index >= 15 is 0 Å². The number of rotatable bonds is 13. The van der Waals surface area contributed by atoms with Crippen LogP contribution in [-0.4, -0.2) is 47.0 Å². The second-order valence-corrected chi connectivity index (χ2v) is 9.86. The van der Waals surface area contributed by atoms with Gasteiger partial charge in [-0.2, -0.15) is 0 Å². The fourth-order valence-electron chi connectivity index (χ4n) is 4.24. The summed E-state index contributed by atoms with van der Waals surface area (Å²) in [5.41, 5.74) is 8.99. The smallest absolute Gasteiger partial charge is 0.326 e. The van der Waals surface area contributed by atoms with Crippen molar-refractivity contribution in [2.75, 3.05) is 12.4 Å². The van der Waals surface area contributed by atoms with Crippen molar-refractivity contribution >= 4 is 29.4 Å². The van der Waals surface area contributed by atoms with Crippen LogP contribution in [0.25, 0.3) is 0 Å². The highest BCUT2D eigenvalue weighted by atomic mass is 16.5. The first-order chi connectivity index (χ1) is 21.6. The molecule has 2 atom stereocenters. The van der Waals surface area contributed by atoms with Gasteiger partial charge in [-0.1, -0.05) is 66.7 Å². The number of methoxy groups -OCH3 is 1. The zero-order valence-corrected chi connectivity index (χ0v) is 24.9. The number of amides is 1. The molecular weight excluding hydrogens is 576 g/mol. The van der Waals surface area contributed by atoms with E-state index in [-0.39, 0.29) is 12.3 Å². The summed E-state index contributed by atoms with van der Waals surface area (Å²) < 4.78 is 11.5. The number of carbonyl (C=O) groups is 3. The van der Waals surface area contributed by atoms with Crippen LogP contribution >= 0.6 is 0 Å². The van der Waals surface area contributed by atoms with Crippen LogP contribution in [0.1, 0.15) is 35.2 Å². The standard InChI is InChI=1S/C32H32N4O5.C2H4O2/c1-40-28-19-24(14-17-27(28)41-20-22-10-6-3-7-11-22)29(35-25-15-12-23(13-16-25)30(33)34)31(37)36-26(32(38)39)18-21-8-4-2-5-9-21;1-2(3)4/h2-17,19,26,29,35H,18,20H2,1H3,(H3,33,34)(H,36,37)(H,38,39);1H3,(H,3,4)/t26-,29+;/m0./s1. The maximum absolute atomic E-state index is 13.7. The van der Waals surface area contributed by atoms with E-state index in [0.29, 0.717) is 34.9 Å². The second kappa shape index (κ2) is 16.7. The SMILES string of the molecule is CC(=O)O.COc1cc([C@@H](Nc2ccc(C(=N)N)cc2)C(=O)N[C@@H](Cc2ccccc2)C(=O)O)ccc1OCc1ccccc1. The molecule has 0 spiro atoms. The number of carboxylic acid groups (broad SMARTS) is 2. The summed E-state index contributed by atoms with van der Waals surface area (Å²) in [4.78, 5) is 34.7. The molecule has 0 bridgehead atoms. The number of hydrogen-bond acceptors (Lipinski definition) is 7. The Morgan fingerprint density at radius 3 is 1.96 bits per heavy atom. The average molecular weight is 613 g/mol. The highest BCUT2D eigenvalue weighted by Crippen LogP contribution is 2.32. The molecule has 0 aliphatic rings. The summed E-state index contributed by atoms with van der Waals surface area (Å²) in [6, 6.07) is 28.5. The number of aliphatic carboxylic acids is 2. The largest absolute Gasteiger partial charge is 0.493 e. The van der Waals surface area contributed by atoms with Gasteiger partial charge in [-0.15, -0.1) is 0 Å². The van der Waals surface area contributed by atoms with Crippen LogP contribution in [0.4, 0.5) is 5.69 Å². The molecule has 234 valence electrons. The third kappa shape index (κ3) is 10.7. The molecule has 4 aromatic carbocycles. The first-order valence-electron chi connectivity index (χ1n) is 13.9. The molecule has 1 amide bonds. The Morgan fingerprint density at radius 1 is 0.844 bits per heavy atom. The Kier molecular flexibility index (Phi) is 12.5. The molecule has 0 saturated carbocycles. The van der Waals surface area contributed by atoms with Crippen molar-refractivity contribution in [2.45, 2.75) is 32.0 Å². The van der Waals surface area contributed by atoms with Gasteiger partial charge in [0, 0.05) is 24.6 Å². The molecule has 0 aliphatic heterocycles. The van der Waals surface area contributed by atoms with Crippen LogP contribution < -0.4 is 25.8 Å². The normalized spacial score (nSPS) is 11.5. The maximum Gasteiger partial charge on any atom is 0.326 e. The predicted molar refractivity (Wildman–Crippen MR) is 171 cm³/mol. The van der Waals surface area contributed by atoms with E-state index in [1.54, 1.807) is 42.5 Å². The second-order valence-electron chi connectivity index (χ2n) is 9.86. The Labute approximate surface area is 261 Å². The lowest BCUT2D eigenvalue weighted by Gasteiger charge is -2.24. The van der Waals surface area contributed by atoms with E-state index in [1.807, 2.05) is 60.7 Å². The minimum absolute atomic E-state index is 0.0770. The number of hydrogen-bond donors (Lipinski definition) is 6. The van der Waals surface area contributed by atoms with Gasteiger partial charge in [0.15, 0.2) is 11.5 Å². The lowest BCUT2D eigenvalue weighted by molar-refractivity contribution is -0.142. The minimum atomic E-state index is -1.15. The molecule has 0 aromatic heterocycles. The number of carbonyl (C=O) groups excluding carboxylic acids is 1. The number of anilines is 1. The van der Waals surface area contributed by atoms with Crippen molar-refractivity contribution in [2.24, 2.45) is 5.73 Å². The van der Waals surface area contributed by atoms with Gasteiger partial charge in [-0.05, 0) is 53.1 Å². The molecule has 4 aromatic rings. The topological polar surface area (TPSA) is 184 Å². The number of carboxylic acids is 2. The fraction of sp³-hybridized carbons (Fsp3) is 0.176. The summed E-state index contributed by atoms with van der Waals surface area (Å²) in [5, 5.41) is 30.8. The van der Waals surface area contributed by atoms with E-state index in [2.05, 4.69) is 10.6 Å². The summed E-state index contributed by atoms with van der Waals surface area (Å²) >= 11 is 0. The van der Waals surface area contributed by atoms with Crippen LogP contribution in [0.15, 0.2) is 103 Å². The van der Waals surface area contributed by atoms with Crippen molar-refractivity contribution in [3.05, 3.63) is 125 Å². The molecule has 4 rings (SSSR count). The summed E-state index contributed by atoms with van der Waals surface area (Å²) in [5.74, 6) is -1.67. The van der Waals surface area contributed by atoms with Gasteiger partial charge in [0.25, 0.3) is 5.97 Å². The van der Waals surface area contributed by atoms with Gasteiger partial charge in [-0.25, -0.2) is 4.79 Å². The highest BCUT2D eigenvalue weighted by Gasteiger charge is 2.28. The van der Waals surface area contributed by atoms with Gasteiger partial charge in [0.1, 0.15) is 24.5 Å². The summed E-state index contributed by atoms with van der Waals surface area (Å²) in [6.45, 7) is 1.42. The number of nitrogen functional groups attached to an aromatic ring is 1. The predicted octanol–water partition coefficient (Wildman–Crippen LogP) is 4.61. The van der Waals surface area contributed by atoms with Crippen LogP contribution in [0.5, 0.6) is 11.5 Å². The van der Waals surface area contributed by atoms with E-state index in [4.69, 9.17) is 30.5 Å². The molecule has 0 unspecified atom stereocenters. The summed E-state index contributed by atoms with van der Waals surface area (Å²) in [7, 11) is 1.51. The van der Waals surface area contributed by atoms with Crippen molar-refractivity contribution in [3.63, 3.8) is 0 Å². The van der Waals surface area contributed by atoms with Gasteiger partial charge in [0.05, 0.1) is 7.11 Å². The highest BCUT2D eigenvalue weighted by molar-refractivity contribution is 5.95. The number of amidine groups is 1. The average Bonchev–Trinajstić information content (AvgIpc) is 3.03. The Balaban J connectivity index is 0.00000130. The van der Waals surface area contributed by atoms with Crippen molar-refractivity contribution in [1.82, 2.24) is 5.32 Å². The zero-order chi connectivity index (χ0) is 32.8. The minimum Gasteiger partial charge on any atom is -0.493 e. The van der Waals surface area contributed by atoms with Gasteiger partial charge in [-0.3, -0.25) is 15.0 Å². The van der Waals surface area contributed by atoms with Crippen molar-refractivity contribution < 1.29 is 34.1 Å². The third-order valence-corrected chi connectivity index (χ3v) is 6.42. The number of nitrogens with two attached hydrogens (primary N) is 1. The number of ether oxygens (including phenoxy) is 2. The molecule has 0 heterocycles. The third-order valence-electron chi connectivity index (χ3n) is 6.42. The van der Waals surface area contributed by atoms with Crippen molar-refractivity contribution in [1.29, 1.82) is 5.41 Å². The Bertz CT molecular complexity index is 1580. The van der Waals surface area contributed by atoms with Crippen LogP contribution in [0.3, 0.4) is 0 Å². The van der Waals surface area contributed by atoms with Crippen LogP contribution in [-0.2, 0) is 27.4 Å².